The number of carbonyl (C=O) groups is 1. The standard InChI is InChI=1S/C11H12N6OS/c1-16(4-3-9-12-14-15-13-9)10(18)8-2-5-17-6-7-19-11(8)17/h2,5-7H,3-4H2,1H3,(H,12,13,14,15). The van der Waals surface area contributed by atoms with Crippen molar-refractivity contribution < 1.29 is 4.79 Å². The van der Waals surface area contributed by atoms with Crippen LogP contribution in [-0.2, 0) is 6.42 Å². The molecule has 0 aliphatic rings. The van der Waals surface area contributed by atoms with E-state index < -0.39 is 0 Å². The van der Waals surface area contributed by atoms with Gasteiger partial charge in [0.1, 0.15) is 4.83 Å². The molecule has 98 valence electrons. The summed E-state index contributed by atoms with van der Waals surface area (Å²) in [6.45, 7) is 0.557. The molecule has 3 rings (SSSR count). The fraction of sp³-hybridized carbons (Fsp3) is 0.273. The van der Waals surface area contributed by atoms with Crippen LogP contribution in [0.3, 0.4) is 0 Å². The minimum absolute atomic E-state index is 0.00782. The second-order valence-electron chi connectivity index (χ2n) is 4.15. The number of tetrazole rings is 1. The zero-order valence-corrected chi connectivity index (χ0v) is 11.1. The summed E-state index contributed by atoms with van der Waals surface area (Å²) in [4.78, 5) is 15.0. The van der Waals surface area contributed by atoms with E-state index in [1.165, 1.54) is 0 Å². The third-order valence-electron chi connectivity index (χ3n) is 2.90. The van der Waals surface area contributed by atoms with E-state index >= 15 is 0 Å². The van der Waals surface area contributed by atoms with Crippen molar-refractivity contribution in [2.45, 2.75) is 6.42 Å². The molecule has 1 amide bonds. The molecule has 0 unspecified atom stereocenters. The second kappa shape index (κ2) is 4.81. The van der Waals surface area contributed by atoms with E-state index in [9.17, 15) is 4.79 Å². The number of H-pyrrole nitrogens is 1. The normalized spacial score (nSPS) is 11.0. The van der Waals surface area contributed by atoms with Crippen LogP contribution < -0.4 is 0 Å². The molecule has 0 aromatic carbocycles. The van der Waals surface area contributed by atoms with Gasteiger partial charge in [-0.25, -0.2) is 0 Å². The highest BCUT2D eigenvalue weighted by molar-refractivity contribution is 7.16. The third kappa shape index (κ3) is 2.22. The van der Waals surface area contributed by atoms with Crippen molar-refractivity contribution in [1.82, 2.24) is 29.9 Å². The smallest absolute Gasteiger partial charge is 0.256 e. The Bertz CT molecular complexity index is 685. The number of thiazole rings is 1. The maximum atomic E-state index is 12.3. The molecule has 7 nitrogen and oxygen atoms in total. The first-order chi connectivity index (χ1) is 9.25. The number of likely N-dealkylation sites (N-methyl/N-ethyl adjacent to an activating group) is 1. The van der Waals surface area contributed by atoms with Gasteiger partial charge in [0.15, 0.2) is 5.82 Å². The Morgan fingerprint density at radius 3 is 3.21 bits per heavy atom. The molecule has 0 fully saturated rings. The maximum Gasteiger partial charge on any atom is 0.256 e. The van der Waals surface area contributed by atoms with E-state index in [2.05, 4.69) is 20.6 Å². The number of rotatable bonds is 4. The molecule has 0 saturated carbocycles. The van der Waals surface area contributed by atoms with Crippen LogP contribution in [0.2, 0.25) is 0 Å². The number of nitrogens with zero attached hydrogens (tertiary/aromatic N) is 5. The van der Waals surface area contributed by atoms with Gasteiger partial charge in [0.2, 0.25) is 0 Å². The average molecular weight is 276 g/mol. The van der Waals surface area contributed by atoms with Crippen LogP contribution in [0.15, 0.2) is 23.8 Å². The number of carbonyl (C=O) groups excluding carboxylic acids is 1. The maximum absolute atomic E-state index is 12.3. The fourth-order valence-corrected chi connectivity index (χ4v) is 2.71. The fourth-order valence-electron chi connectivity index (χ4n) is 1.86. The van der Waals surface area contributed by atoms with Crippen molar-refractivity contribution in [3.63, 3.8) is 0 Å². The lowest BCUT2D eigenvalue weighted by Gasteiger charge is -2.15. The lowest BCUT2D eigenvalue weighted by Crippen LogP contribution is -2.28. The van der Waals surface area contributed by atoms with Gasteiger partial charge in [0, 0.05) is 37.8 Å². The van der Waals surface area contributed by atoms with Crippen LogP contribution in [0.4, 0.5) is 0 Å². The Morgan fingerprint density at radius 2 is 2.42 bits per heavy atom. The minimum atomic E-state index is 0.00782. The zero-order valence-electron chi connectivity index (χ0n) is 10.3. The molecule has 0 bridgehead atoms. The number of amides is 1. The second-order valence-corrected chi connectivity index (χ2v) is 5.04. The van der Waals surface area contributed by atoms with E-state index in [-0.39, 0.29) is 5.91 Å². The van der Waals surface area contributed by atoms with Crippen molar-refractivity contribution in [1.29, 1.82) is 0 Å². The quantitative estimate of drug-likeness (QED) is 0.765. The summed E-state index contributed by atoms with van der Waals surface area (Å²) >= 11 is 1.56. The van der Waals surface area contributed by atoms with Crippen molar-refractivity contribution in [3.8, 4) is 0 Å². The van der Waals surface area contributed by atoms with E-state index in [1.54, 1.807) is 23.3 Å². The van der Waals surface area contributed by atoms with Crippen LogP contribution in [0.25, 0.3) is 4.83 Å². The minimum Gasteiger partial charge on any atom is -0.341 e. The number of nitrogens with one attached hydrogen (secondary N) is 1. The highest BCUT2D eigenvalue weighted by Gasteiger charge is 2.16. The first-order valence-corrected chi connectivity index (χ1v) is 6.65. The molecule has 19 heavy (non-hydrogen) atoms. The molecular formula is C11H12N6OS. The Kier molecular flexibility index (Phi) is 3.00. The molecule has 3 heterocycles. The van der Waals surface area contributed by atoms with Crippen LogP contribution in [0, 0.1) is 0 Å². The first kappa shape index (κ1) is 11.8. The van der Waals surface area contributed by atoms with E-state index in [0.29, 0.717) is 18.8 Å². The molecule has 3 aromatic heterocycles. The van der Waals surface area contributed by atoms with Gasteiger partial charge in [-0.2, -0.15) is 5.21 Å². The Balaban J connectivity index is 1.71. The molecule has 0 aliphatic heterocycles. The number of hydrogen-bond acceptors (Lipinski definition) is 5. The highest BCUT2D eigenvalue weighted by atomic mass is 32.1. The number of aromatic amines is 1. The first-order valence-electron chi connectivity index (χ1n) is 5.77. The molecule has 1 N–H and O–H groups in total. The molecular weight excluding hydrogens is 264 g/mol. The number of hydrogen-bond donors (Lipinski definition) is 1. The SMILES string of the molecule is CN(CCc1nn[nH]n1)C(=O)c1ccn2ccsc12. The van der Waals surface area contributed by atoms with Crippen LogP contribution in [0.5, 0.6) is 0 Å². The molecule has 0 radical (unpaired) electrons. The van der Waals surface area contributed by atoms with Gasteiger partial charge in [0.25, 0.3) is 5.91 Å². The van der Waals surface area contributed by atoms with Crippen molar-refractivity contribution >= 4 is 22.1 Å². The van der Waals surface area contributed by atoms with Gasteiger partial charge >= 0.3 is 0 Å². The van der Waals surface area contributed by atoms with Crippen molar-refractivity contribution in [2.24, 2.45) is 0 Å². The molecule has 0 atom stereocenters. The number of aromatic nitrogens is 5. The summed E-state index contributed by atoms with van der Waals surface area (Å²) in [6, 6.07) is 1.85. The summed E-state index contributed by atoms with van der Waals surface area (Å²) in [5.74, 6) is 0.617. The number of fused-ring (bicyclic) bond motifs is 1. The Hall–Kier alpha value is -2.22. The van der Waals surface area contributed by atoms with Gasteiger partial charge < -0.3 is 9.30 Å². The van der Waals surface area contributed by atoms with Gasteiger partial charge in [-0.3, -0.25) is 4.79 Å². The van der Waals surface area contributed by atoms with Crippen LogP contribution >= 0.6 is 11.3 Å². The predicted molar refractivity (Wildman–Crippen MR) is 70.1 cm³/mol. The van der Waals surface area contributed by atoms with Crippen molar-refractivity contribution in [2.75, 3.05) is 13.6 Å². The molecule has 8 heteroatoms. The van der Waals surface area contributed by atoms with E-state index in [4.69, 9.17) is 0 Å². The predicted octanol–water partition coefficient (Wildman–Crippen LogP) is 0.829. The average Bonchev–Trinajstić information content (AvgIpc) is 3.11. The summed E-state index contributed by atoms with van der Waals surface area (Å²) in [6.07, 6.45) is 4.42. The molecule has 0 saturated heterocycles. The van der Waals surface area contributed by atoms with Gasteiger partial charge in [-0.05, 0) is 6.07 Å². The van der Waals surface area contributed by atoms with E-state index in [1.807, 2.05) is 28.2 Å². The summed E-state index contributed by atoms with van der Waals surface area (Å²) < 4.78 is 1.95. The summed E-state index contributed by atoms with van der Waals surface area (Å²) in [5.41, 5.74) is 0.727. The largest absolute Gasteiger partial charge is 0.341 e. The monoisotopic (exact) mass is 276 g/mol. The van der Waals surface area contributed by atoms with Crippen molar-refractivity contribution in [3.05, 3.63) is 35.2 Å². The van der Waals surface area contributed by atoms with Gasteiger partial charge in [0.05, 0.1) is 5.56 Å². The van der Waals surface area contributed by atoms with Crippen LogP contribution in [-0.4, -0.2) is 49.4 Å². The van der Waals surface area contributed by atoms with E-state index in [0.717, 1.165) is 10.4 Å². The third-order valence-corrected chi connectivity index (χ3v) is 3.82. The zero-order chi connectivity index (χ0) is 13.2. The molecule has 3 aromatic rings. The Labute approximate surface area is 112 Å². The Morgan fingerprint density at radius 1 is 1.53 bits per heavy atom. The van der Waals surface area contributed by atoms with Crippen LogP contribution in [0.1, 0.15) is 16.2 Å². The molecule has 0 aliphatic carbocycles. The topological polar surface area (TPSA) is 79.2 Å². The molecule has 0 spiro atoms. The van der Waals surface area contributed by atoms with Gasteiger partial charge in [-0.15, -0.1) is 21.5 Å². The lowest BCUT2D eigenvalue weighted by molar-refractivity contribution is 0.0798. The highest BCUT2D eigenvalue weighted by Crippen LogP contribution is 2.19. The summed E-state index contributed by atoms with van der Waals surface area (Å²) in [7, 11) is 1.78. The van der Waals surface area contributed by atoms with Gasteiger partial charge in [-0.1, -0.05) is 5.21 Å². The lowest BCUT2D eigenvalue weighted by atomic mass is 10.3. The summed E-state index contributed by atoms with van der Waals surface area (Å²) in [5, 5.41) is 15.6.